The minimum absolute atomic E-state index is 0.374. The van der Waals surface area contributed by atoms with Gasteiger partial charge in [0, 0.05) is 52.1 Å². The maximum Gasteiger partial charge on any atom is 0.118 e. The van der Waals surface area contributed by atoms with Crippen LogP contribution in [0.25, 0.3) is 0 Å². The van der Waals surface area contributed by atoms with Crippen molar-refractivity contribution in [2.75, 3.05) is 35.5 Å². The zero-order valence-corrected chi connectivity index (χ0v) is 58.2. The largest absolute Gasteiger partial charge is 0.497 e. The minimum Gasteiger partial charge on any atom is -0.497 e. The van der Waals surface area contributed by atoms with Crippen LogP contribution < -0.4 is 4.74 Å². The van der Waals surface area contributed by atoms with Crippen molar-refractivity contribution in [2.45, 2.75) is 315 Å². The van der Waals surface area contributed by atoms with E-state index in [1.54, 1.807) is 7.11 Å². The van der Waals surface area contributed by atoms with Crippen molar-refractivity contribution in [3.05, 3.63) is 136 Å². The summed E-state index contributed by atoms with van der Waals surface area (Å²) < 4.78 is 28.7. The monoisotopic (exact) mass is 1200 g/mol. The van der Waals surface area contributed by atoms with E-state index in [0.29, 0.717) is 48.1 Å². The van der Waals surface area contributed by atoms with Gasteiger partial charge < -0.3 is 23.7 Å². The number of aryl methyl sites for hydroxylation is 3. The predicted octanol–water partition coefficient (Wildman–Crippen LogP) is 23.5. The summed E-state index contributed by atoms with van der Waals surface area (Å²) in [6.07, 6.45) is 46.5. The Bertz CT molecular complexity index is 2190. The number of benzene rings is 4. The molecule has 0 N–H and O–H groups in total. The molecular formula is C82H132O5. The molecular weight excluding hydrogens is 1060 g/mol. The molecule has 5 nitrogen and oxygen atoms in total. The van der Waals surface area contributed by atoms with E-state index in [9.17, 15) is 0 Å². The molecule has 0 amide bonds. The van der Waals surface area contributed by atoms with Crippen LogP contribution in [0, 0.1) is 23.7 Å². The summed E-state index contributed by atoms with van der Waals surface area (Å²) in [6, 6.07) is 36.5. The summed E-state index contributed by atoms with van der Waals surface area (Å²) in [7, 11) is 9.29. The maximum absolute atomic E-state index is 5.89. The van der Waals surface area contributed by atoms with Gasteiger partial charge in [-0.05, 0) is 177 Å². The van der Waals surface area contributed by atoms with Gasteiger partial charge in [-0.3, -0.25) is 0 Å². The summed E-state index contributed by atoms with van der Waals surface area (Å²) in [5.41, 5.74) is 10.2. The molecule has 490 valence electrons. The van der Waals surface area contributed by atoms with Gasteiger partial charge in [-0.1, -0.05) is 249 Å². The molecule has 4 fully saturated rings. The van der Waals surface area contributed by atoms with Crippen LogP contribution in [0.1, 0.15) is 310 Å². The van der Waals surface area contributed by atoms with E-state index in [2.05, 4.69) is 146 Å². The molecule has 12 unspecified atom stereocenters. The Balaban J connectivity index is 0.000000212. The van der Waals surface area contributed by atoms with Gasteiger partial charge in [0.2, 0.25) is 0 Å². The molecule has 4 aliphatic rings. The van der Waals surface area contributed by atoms with Gasteiger partial charge in [-0.2, -0.15) is 0 Å². The molecule has 5 heteroatoms. The van der Waals surface area contributed by atoms with Crippen LogP contribution in [0.2, 0.25) is 0 Å². The normalized spacial score (nSPS) is 25.4. The highest BCUT2D eigenvalue weighted by molar-refractivity contribution is 5.31. The van der Waals surface area contributed by atoms with Gasteiger partial charge in [0.1, 0.15) is 5.75 Å². The first-order chi connectivity index (χ1) is 42.6. The smallest absolute Gasteiger partial charge is 0.118 e. The zero-order chi connectivity index (χ0) is 62.4. The second-order valence-corrected chi connectivity index (χ2v) is 27.4. The van der Waals surface area contributed by atoms with Gasteiger partial charge in [0.25, 0.3) is 0 Å². The minimum atomic E-state index is 0.374. The first kappa shape index (κ1) is 74.2. The maximum atomic E-state index is 5.89. The van der Waals surface area contributed by atoms with E-state index < -0.39 is 0 Å². The number of unbranched alkanes of at least 4 members (excludes halogenated alkanes) is 9. The molecule has 87 heavy (non-hydrogen) atoms. The highest BCUT2D eigenvalue weighted by Crippen LogP contribution is 2.44. The van der Waals surface area contributed by atoms with Crippen molar-refractivity contribution in [1.82, 2.24) is 0 Å². The molecule has 4 aromatic rings. The molecule has 0 radical (unpaired) electrons. The predicted molar refractivity (Wildman–Crippen MR) is 374 cm³/mol. The average Bonchev–Trinajstić information content (AvgIpc) is 3.59. The molecule has 4 saturated carbocycles. The third-order valence-electron chi connectivity index (χ3n) is 21.2. The molecule has 0 heterocycles. The lowest BCUT2D eigenvalue weighted by Gasteiger charge is -2.36. The highest BCUT2D eigenvalue weighted by Gasteiger charge is 2.35. The molecule has 0 spiro atoms. The fourth-order valence-corrected chi connectivity index (χ4v) is 15.6. The van der Waals surface area contributed by atoms with Crippen LogP contribution in [-0.2, 0) is 38.2 Å². The lowest BCUT2D eigenvalue weighted by molar-refractivity contribution is 0.0303. The van der Waals surface area contributed by atoms with E-state index in [1.807, 2.05) is 28.4 Å². The Morgan fingerprint density at radius 2 is 0.563 bits per heavy atom. The summed E-state index contributed by atoms with van der Waals surface area (Å²) in [6.45, 7) is 15.9. The Morgan fingerprint density at radius 3 is 0.816 bits per heavy atom. The van der Waals surface area contributed by atoms with Crippen molar-refractivity contribution in [3.63, 3.8) is 0 Å². The Morgan fingerprint density at radius 1 is 0.287 bits per heavy atom. The van der Waals surface area contributed by atoms with Gasteiger partial charge in [-0.25, -0.2) is 0 Å². The van der Waals surface area contributed by atoms with E-state index in [-0.39, 0.29) is 0 Å². The van der Waals surface area contributed by atoms with Crippen molar-refractivity contribution in [1.29, 1.82) is 0 Å². The number of hydrogen-bond acceptors (Lipinski definition) is 5. The summed E-state index contributed by atoms with van der Waals surface area (Å²) in [5.74, 6) is 6.78. The number of methoxy groups -OCH3 is 5. The van der Waals surface area contributed by atoms with Gasteiger partial charge >= 0.3 is 0 Å². The van der Waals surface area contributed by atoms with E-state index >= 15 is 0 Å². The Hall–Kier alpha value is -3.48. The van der Waals surface area contributed by atoms with Crippen molar-refractivity contribution in [3.8, 4) is 5.75 Å². The number of hydrogen-bond donors (Lipinski definition) is 0. The van der Waals surface area contributed by atoms with Crippen LogP contribution in [0.15, 0.2) is 97.1 Å². The fourth-order valence-electron chi connectivity index (χ4n) is 15.6. The molecule has 0 bridgehead atoms. The molecule has 4 aliphatic carbocycles. The Labute approximate surface area is 536 Å². The first-order valence-corrected chi connectivity index (χ1v) is 36.6. The average molecular weight is 1200 g/mol. The van der Waals surface area contributed by atoms with Gasteiger partial charge in [0.15, 0.2) is 0 Å². The van der Waals surface area contributed by atoms with Crippen LogP contribution in [-0.4, -0.2) is 60.0 Å². The summed E-state index contributed by atoms with van der Waals surface area (Å²) in [5, 5.41) is 0. The molecule has 0 saturated heterocycles. The number of ether oxygens (including phenoxy) is 5. The standard InChI is InChI=1S/C22H36O.C21H34O.C20H32O.C19H30O2/c1-4-6-8-10-19-13-16-21(22(17-19)23-3)20-14-11-18(12-15-20)9-7-5-2;1-4-6-7-9-18-12-15-20(21(16-18)22-3)19-13-10-17(8-5-2)11-14-19;1-4-6-7-8-17-11-14-19(20(15-17)21-3)18-12-9-16(5-2)10-13-18;1-4-5-6-7-15-8-13-18(19(14-15)21-3)16-9-11-17(20-2)12-10-16/h11-12,14-15,19,21-22H,4-10,13,16-17H2,1-3H3;10-11,13-14,18,20-21H,4-9,12,15-16H2,1-3H3;9-10,12-13,17,19-20H,4-8,11,14-15H2,1-3H3;9-12,15,18-19H,4-8,13-14H2,1-3H3. The Kier molecular flexibility index (Phi) is 37.6. The first-order valence-electron chi connectivity index (χ1n) is 36.6. The molecule has 12 atom stereocenters. The summed E-state index contributed by atoms with van der Waals surface area (Å²) in [4.78, 5) is 0. The second kappa shape index (κ2) is 44.1. The van der Waals surface area contributed by atoms with E-state index in [1.165, 1.54) is 251 Å². The van der Waals surface area contributed by atoms with E-state index in [0.717, 1.165) is 35.8 Å². The molecule has 4 aromatic carbocycles. The molecule has 0 aromatic heterocycles. The van der Waals surface area contributed by atoms with Crippen LogP contribution in [0.4, 0.5) is 0 Å². The van der Waals surface area contributed by atoms with Crippen LogP contribution >= 0.6 is 0 Å². The van der Waals surface area contributed by atoms with E-state index in [4.69, 9.17) is 23.7 Å². The van der Waals surface area contributed by atoms with Crippen molar-refractivity contribution < 1.29 is 23.7 Å². The summed E-state index contributed by atoms with van der Waals surface area (Å²) >= 11 is 0. The number of rotatable bonds is 31. The SMILES string of the molecule is CCCCCC1CCC(c2ccc(CC)cc2)C(OC)C1.CCCCCC1CCC(c2ccc(CCC)cc2)C(OC)C1.CCCCCC1CCC(c2ccc(CCCC)cc2)C(OC)C1.CCCCCC1CCC(c2ccc(OC)cc2)C(OC)C1. The lowest BCUT2D eigenvalue weighted by Crippen LogP contribution is -2.29. The highest BCUT2D eigenvalue weighted by atomic mass is 16.5. The van der Waals surface area contributed by atoms with Crippen molar-refractivity contribution in [2.24, 2.45) is 23.7 Å². The zero-order valence-electron chi connectivity index (χ0n) is 58.2. The molecule has 0 aliphatic heterocycles. The molecule has 8 rings (SSSR count). The fraction of sp³-hybridized carbons (Fsp3) is 0.707. The van der Waals surface area contributed by atoms with Gasteiger partial charge in [-0.15, -0.1) is 0 Å². The second-order valence-electron chi connectivity index (χ2n) is 27.4. The van der Waals surface area contributed by atoms with Crippen LogP contribution in [0.5, 0.6) is 5.75 Å². The van der Waals surface area contributed by atoms with Crippen LogP contribution in [0.3, 0.4) is 0 Å². The van der Waals surface area contributed by atoms with Gasteiger partial charge in [0.05, 0.1) is 31.5 Å². The quantitative estimate of drug-likeness (QED) is 0.0470. The van der Waals surface area contributed by atoms with Crippen molar-refractivity contribution >= 4 is 0 Å². The third-order valence-corrected chi connectivity index (χ3v) is 21.2. The topological polar surface area (TPSA) is 46.2 Å². The lowest BCUT2D eigenvalue weighted by atomic mass is 9.75. The third kappa shape index (κ3) is 26.0.